The van der Waals surface area contributed by atoms with Crippen molar-refractivity contribution in [3.63, 3.8) is 0 Å². The molecule has 0 bridgehead atoms. The van der Waals surface area contributed by atoms with E-state index in [1.54, 1.807) is 6.07 Å². The number of nitrogens with two attached hydrogens (primary N) is 1. The molecule has 0 unspecified atom stereocenters. The van der Waals surface area contributed by atoms with Gasteiger partial charge in [0.05, 0.1) is 18.0 Å². The van der Waals surface area contributed by atoms with Crippen molar-refractivity contribution in [1.82, 2.24) is 0 Å². The van der Waals surface area contributed by atoms with Gasteiger partial charge in [0.15, 0.2) is 11.6 Å². The zero-order chi connectivity index (χ0) is 14.4. The molecule has 1 aromatic rings. The van der Waals surface area contributed by atoms with Gasteiger partial charge in [-0.2, -0.15) is 0 Å². The normalized spacial score (nSPS) is 10.8. The highest BCUT2D eigenvalue weighted by Crippen LogP contribution is 2.31. The molecule has 3 nitrogen and oxygen atoms in total. The number of anilines is 2. The number of hydrogen-bond acceptors (Lipinski definition) is 3. The summed E-state index contributed by atoms with van der Waals surface area (Å²) in [5.41, 5.74) is 7.25. The Morgan fingerprint density at radius 2 is 2.00 bits per heavy atom. The molecule has 0 spiro atoms. The van der Waals surface area contributed by atoms with Gasteiger partial charge >= 0.3 is 0 Å². The highest BCUT2D eigenvalue weighted by Gasteiger charge is 2.14. The number of ether oxygens (including phenoxy) is 1. The zero-order valence-corrected chi connectivity index (χ0v) is 12.4. The summed E-state index contributed by atoms with van der Waals surface area (Å²) in [4.78, 5) is 2.15. The van der Waals surface area contributed by atoms with E-state index < -0.39 is 5.82 Å². The quantitative estimate of drug-likeness (QED) is 0.767. The Kier molecular flexibility index (Phi) is 5.93. The summed E-state index contributed by atoms with van der Waals surface area (Å²) in [7, 11) is 0. The van der Waals surface area contributed by atoms with Crippen LogP contribution >= 0.6 is 0 Å². The van der Waals surface area contributed by atoms with Crippen LogP contribution in [0.25, 0.3) is 0 Å². The summed E-state index contributed by atoms with van der Waals surface area (Å²) in [6, 6.07) is 3.06. The molecule has 0 atom stereocenters. The third kappa shape index (κ3) is 4.30. The van der Waals surface area contributed by atoms with Crippen molar-refractivity contribution in [2.75, 3.05) is 30.3 Å². The van der Waals surface area contributed by atoms with Crippen LogP contribution in [0.3, 0.4) is 0 Å². The van der Waals surface area contributed by atoms with Gasteiger partial charge in [-0.1, -0.05) is 20.8 Å². The minimum atomic E-state index is -0.393. The molecule has 0 heterocycles. The standard InChI is InChI=1S/C15H25FN2O/c1-5-7-19-15-9-14(13(17)8-12(15)16)18(6-2)10-11(3)4/h8-9,11H,5-7,10,17H2,1-4H3. The lowest BCUT2D eigenvalue weighted by atomic mass is 10.1. The van der Waals surface area contributed by atoms with Crippen molar-refractivity contribution in [2.45, 2.75) is 34.1 Å². The van der Waals surface area contributed by atoms with Gasteiger partial charge in [-0.15, -0.1) is 0 Å². The Labute approximate surface area is 115 Å². The van der Waals surface area contributed by atoms with Gasteiger partial charge in [-0.05, 0) is 19.3 Å². The number of rotatable bonds is 7. The first-order valence-corrected chi connectivity index (χ1v) is 6.96. The minimum absolute atomic E-state index is 0.285. The molecule has 0 aliphatic carbocycles. The van der Waals surface area contributed by atoms with E-state index in [2.05, 4.69) is 25.7 Å². The minimum Gasteiger partial charge on any atom is -0.490 e. The van der Waals surface area contributed by atoms with Crippen LogP contribution in [0.2, 0.25) is 0 Å². The summed E-state index contributed by atoms with van der Waals surface area (Å²) >= 11 is 0. The van der Waals surface area contributed by atoms with E-state index >= 15 is 0 Å². The van der Waals surface area contributed by atoms with Crippen LogP contribution in [0.4, 0.5) is 15.8 Å². The number of nitrogen functional groups attached to an aromatic ring is 1. The maximum Gasteiger partial charge on any atom is 0.167 e. The van der Waals surface area contributed by atoms with Crippen LogP contribution in [-0.4, -0.2) is 19.7 Å². The molecule has 0 aromatic heterocycles. The largest absolute Gasteiger partial charge is 0.490 e. The van der Waals surface area contributed by atoms with Crippen molar-refractivity contribution in [3.8, 4) is 5.75 Å². The van der Waals surface area contributed by atoms with Gasteiger partial charge in [0.1, 0.15) is 0 Å². The molecule has 19 heavy (non-hydrogen) atoms. The smallest absolute Gasteiger partial charge is 0.167 e. The van der Waals surface area contributed by atoms with Crippen molar-refractivity contribution in [3.05, 3.63) is 17.9 Å². The van der Waals surface area contributed by atoms with Crippen molar-refractivity contribution in [2.24, 2.45) is 5.92 Å². The summed E-state index contributed by atoms with van der Waals surface area (Å²) in [5, 5.41) is 0. The van der Waals surface area contributed by atoms with Crippen LogP contribution in [0.5, 0.6) is 5.75 Å². The van der Waals surface area contributed by atoms with Crippen molar-refractivity contribution >= 4 is 11.4 Å². The number of halogens is 1. The fourth-order valence-electron chi connectivity index (χ4n) is 1.99. The summed E-state index contributed by atoms with van der Waals surface area (Å²) in [5.74, 6) is 0.410. The van der Waals surface area contributed by atoms with Crippen molar-refractivity contribution < 1.29 is 9.13 Å². The molecule has 108 valence electrons. The molecule has 1 rings (SSSR count). The fourth-order valence-corrected chi connectivity index (χ4v) is 1.99. The third-order valence-electron chi connectivity index (χ3n) is 2.85. The average Bonchev–Trinajstić information content (AvgIpc) is 2.35. The van der Waals surface area contributed by atoms with E-state index in [1.165, 1.54) is 6.07 Å². The molecule has 0 aliphatic heterocycles. The van der Waals surface area contributed by atoms with E-state index in [0.29, 0.717) is 18.2 Å². The second-order valence-corrected chi connectivity index (χ2v) is 5.12. The van der Waals surface area contributed by atoms with Gasteiger partial charge in [0, 0.05) is 25.2 Å². The second kappa shape index (κ2) is 7.22. The first-order chi connectivity index (χ1) is 8.99. The molecule has 0 amide bonds. The van der Waals surface area contributed by atoms with Crippen LogP contribution in [-0.2, 0) is 0 Å². The van der Waals surface area contributed by atoms with E-state index in [-0.39, 0.29) is 5.75 Å². The van der Waals surface area contributed by atoms with Crippen molar-refractivity contribution in [1.29, 1.82) is 0 Å². The highest BCUT2D eigenvalue weighted by molar-refractivity contribution is 5.70. The van der Waals surface area contributed by atoms with Crippen LogP contribution in [0.15, 0.2) is 12.1 Å². The maximum absolute atomic E-state index is 13.8. The predicted octanol–water partition coefficient (Wildman–Crippen LogP) is 3.68. The summed E-state index contributed by atoms with van der Waals surface area (Å²) in [6.45, 7) is 10.6. The number of nitrogens with zero attached hydrogens (tertiary/aromatic N) is 1. The monoisotopic (exact) mass is 268 g/mol. The molecule has 0 saturated heterocycles. The zero-order valence-electron chi connectivity index (χ0n) is 12.4. The van der Waals surface area contributed by atoms with E-state index in [1.807, 2.05) is 6.92 Å². The first kappa shape index (κ1) is 15.6. The average molecular weight is 268 g/mol. The predicted molar refractivity (Wildman–Crippen MR) is 79.3 cm³/mol. The Morgan fingerprint density at radius 1 is 1.32 bits per heavy atom. The molecule has 2 N–H and O–H groups in total. The van der Waals surface area contributed by atoms with Gasteiger partial charge in [-0.3, -0.25) is 0 Å². The van der Waals surface area contributed by atoms with Crippen LogP contribution < -0.4 is 15.4 Å². The van der Waals surface area contributed by atoms with Crippen LogP contribution in [0.1, 0.15) is 34.1 Å². The van der Waals surface area contributed by atoms with Gasteiger partial charge < -0.3 is 15.4 Å². The topological polar surface area (TPSA) is 38.5 Å². The first-order valence-electron chi connectivity index (χ1n) is 6.96. The lowest BCUT2D eigenvalue weighted by Gasteiger charge is -2.27. The van der Waals surface area contributed by atoms with Gasteiger partial charge in [0.2, 0.25) is 0 Å². The molecule has 0 fully saturated rings. The molecular formula is C15H25FN2O. The molecule has 0 aliphatic rings. The summed E-state index contributed by atoms with van der Waals surface area (Å²) < 4.78 is 19.2. The molecule has 1 aromatic carbocycles. The lowest BCUT2D eigenvalue weighted by Crippen LogP contribution is -2.28. The second-order valence-electron chi connectivity index (χ2n) is 5.12. The summed E-state index contributed by atoms with van der Waals surface area (Å²) in [6.07, 6.45) is 0.850. The molecule has 0 saturated carbocycles. The molecule has 0 radical (unpaired) electrons. The van der Waals surface area contributed by atoms with Gasteiger partial charge in [0.25, 0.3) is 0 Å². The highest BCUT2D eigenvalue weighted by atomic mass is 19.1. The number of benzene rings is 1. The van der Waals surface area contributed by atoms with E-state index in [4.69, 9.17) is 10.5 Å². The fraction of sp³-hybridized carbons (Fsp3) is 0.600. The molecular weight excluding hydrogens is 243 g/mol. The molecule has 4 heteroatoms. The van der Waals surface area contributed by atoms with E-state index in [9.17, 15) is 4.39 Å². The lowest BCUT2D eigenvalue weighted by molar-refractivity contribution is 0.301. The Morgan fingerprint density at radius 3 is 2.53 bits per heavy atom. The SMILES string of the molecule is CCCOc1cc(N(CC)CC(C)C)c(N)cc1F. The number of hydrogen-bond donors (Lipinski definition) is 1. The maximum atomic E-state index is 13.8. The Bertz CT molecular complexity index is 407. The Hall–Kier alpha value is -1.45. The Balaban J connectivity index is 3.03. The van der Waals surface area contributed by atoms with Gasteiger partial charge in [-0.25, -0.2) is 4.39 Å². The van der Waals surface area contributed by atoms with Crippen LogP contribution in [0, 0.1) is 11.7 Å². The van der Waals surface area contributed by atoms with E-state index in [0.717, 1.165) is 25.2 Å². The third-order valence-corrected chi connectivity index (χ3v) is 2.85.